The van der Waals surface area contributed by atoms with Gasteiger partial charge < -0.3 is 4.74 Å². The molecule has 1 aromatic heterocycles. The lowest BCUT2D eigenvalue weighted by molar-refractivity contribution is 0.0727. The summed E-state index contributed by atoms with van der Waals surface area (Å²) >= 11 is 7.57. The molecule has 0 radical (unpaired) electrons. The first-order chi connectivity index (χ1) is 12.9. The van der Waals surface area contributed by atoms with Crippen molar-refractivity contribution in [2.45, 2.75) is 31.7 Å². The Morgan fingerprint density at radius 2 is 1.85 bits per heavy atom. The maximum absolute atomic E-state index is 12.5. The van der Waals surface area contributed by atoms with Crippen LogP contribution in [0.3, 0.4) is 0 Å². The van der Waals surface area contributed by atoms with Crippen LogP contribution in [-0.4, -0.2) is 15.9 Å². The molecule has 0 aliphatic rings. The highest BCUT2D eigenvalue weighted by Gasteiger charge is 2.17. The lowest BCUT2D eigenvalue weighted by Gasteiger charge is -2.09. The SMILES string of the molecule is Cc1ccc(OC(=O)c2nc(SCc3ccccc3C)ncc2Cl)cc1C. The Morgan fingerprint density at radius 1 is 1.07 bits per heavy atom. The number of thioether (sulfide) groups is 1. The summed E-state index contributed by atoms with van der Waals surface area (Å²) in [6, 6.07) is 13.6. The summed E-state index contributed by atoms with van der Waals surface area (Å²) in [6.07, 6.45) is 1.44. The molecule has 2 aromatic carbocycles. The van der Waals surface area contributed by atoms with E-state index in [0.29, 0.717) is 16.7 Å². The fraction of sp³-hybridized carbons (Fsp3) is 0.190. The number of esters is 1. The van der Waals surface area contributed by atoms with Gasteiger partial charge in [-0.3, -0.25) is 0 Å². The number of aromatic nitrogens is 2. The highest BCUT2D eigenvalue weighted by atomic mass is 35.5. The molecule has 0 N–H and O–H groups in total. The lowest BCUT2D eigenvalue weighted by atomic mass is 10.1. The zero-order chi connectivity index (χ0) is 19.4. The third-order valence-electron chi connectivity index (χ3n) is 4.22. The number of hydrogen-bond donors (Lipinski definition) is 0. The van der Waals surface area contributed by atoms with Gasteiger partial charge in [0.25, 0.3) is 0 Å². The molecule has 0 saturated carbocycles. The van der Waals surface area contributed by atoms with E-state index in [1.807, 2.05) is 38.1 Å². The second-order valence-corrected chi connectivity index (χ2v) is 7.55. The molecule has 0 atom stereocenters. The standard InChI is InChI=1S/C21H19ClN2O2S/c1-13-8-9-17(10-15(13)3)26-20(25)19-18(22)11-23-21(24-19)27-12-16-7-5-4-6-14(16)2/h4-11H,12H2,1-3H3. The molecule has 0 aliphatic carbocycles. The molecule has 3 rings (SSSR count). The van der Waals surface area contributed by atoms with Crippen molar-refractivity contribution < 1.29 is 9.53 Å². The number of hydrogen-bond acceptors (Lipinski definition) is 5. The second kappa shape index (κ2) is 8.55. The number of rotatable bonds is 5. The minimum atomic E-state index is -0.594. The number of carbonyl (C=O) groups excluding carboxylic acids is 1. The highest BCUT2D eigenvalue weighted by Crippen LogP contribution is 2.24. The minimum absolute atomic E-state index is 0.0668. The molecule has 4 nitrogen and oxygen atoms in total. The van der Waals surface area contributed by atoms with Crippen molar-refractivity contribution in [1.82, 2.24) is 9.97 Å². The number of ether oxygens (including phenoxy) is 1. The Bertz CT molecular complexity index is 992. The summed E-state index contributed by atoms with van der Waals surface area (Å²) in [5.74, 6) is 0.579. The van der Waals surface area contributed by atoms with Crippen LogP contribution in [0.15, 0.2) is 53.8 Å². The van der Waals surface area contributed by atoms with Crippen molar-refractivity contribution in [3.05, 3.63) is 81.6 Å². The first-order valence-electron chi connectivity index (χ1n) is 8.43. The van der Waals surface area contributed by atoms with Gasteiger partial charge in [0.1, 0.15) is 5.75 Å². The first-order valence-corrected chi connectivity index (χ1v) is 9.79. The van der Waals surface area contributed by atoms with Gasteiger partial charge in [-0.15, -0.1) is 0 Å². The van der Waals surface area contributed by atoms with Crippen molar-refractivity contribution in [2.24, 2.45) is 0 Å². The fourth-order valence-corrected chi connectivity index (χ4v) is 3.47. The van der Waals surface area contributed by atoms with Crippen LogP contribution >= 0.6 is 23.4 Å². The maximum atomic E-state index is 12.5. The van der Waals surface area contributed by atoms with Crippen LogP contribution in [0, 0.1) is 20.8 Å². The van der Waals surface area contributed by atoms with Gasteiger partial charge in [-0.05, 0) is 55.2 Å². The van der Waals surface area contributed by atoms with Crippen molar-refractivity contribution in [3.8, 4) is 5.75 Å². The van der Waals surface area contributed by atoms with E-state index in [0.717, 1.165) is 11.1 Å². The van der Waals surface area contributed by atoms with Crippen molar-refractivity contribution in [1.29, 1.82) is 0 Å². The van der Waals surface area contributed by atoms with Crippen LogP contribution < -0.4 is 4.74 Å². The third-order valence-corrected chi connectivity index (χ3v) is 5.41. The van der Waals surface area contributed by atoms with Crippen LogP contribution in [-0.2, 0) is 5.75 Å². The molecule has 0 bridgehead atoms. The molecule has 0 amide bonds. The summed E-state index contributed by atoms with van der Waals surface area (Å²) in [5.41, 5.74) is 4.64. The molecule has 0 spiro atoms. The number of aryl methyl sites for hydroxylation is 3. The Labute approximate surface area is 168 Å². The Hall–Kier alpha value is -2.37. The molecule has 27 heavy (non-hydrogen) atoms. The van der Waals surface area contributed by atoms with Gasteiger partial charge in [0, 0.05) is 5.75 Å². The number of nitrogens with zero attached hydrogens (tertiary/aromatic N) is 2. The van der Waals surface area contributed by atoms with E-state index in [1.165, 1.54) is 29.1 Å². The van der Waals surface area contributed by atoms with Gasteiger partial charge in [-0.25, -0.2) is 14.8 Å². The van der Waals surface area contributed by atoms with Gasteiger partial charge in [0.05, 0.1) is 11.2 Å². The van der Waals surface area contributed by atoms with E-state index in [9.17, 15) is 4.79 Å². The zero-order valence-electron chi connectivity index (χ0n) is 15.3. The number of benzene rings is 2. The molecule has 0 saturated heterocycles. The maximum Gasteiger partial charge on any atom is 0.364 e. The predicted molar refractivity (Wildman–Crippen MR) is 109 cm³/mol. The van der Waals surface area contributed by atoms with Gasteiger partial charge in [0.15, 0.2) is 10.9 Å². The normalized spacial score (nSPS) is 10.7. The molecule has 6 heteroatoms. The molecular formula is C21H19ClN2O2S. The topological polar surface area (TPSA) is 52.1 Å². The molecule has 3 aromatic rings. The van der Waals surface area contributed by atoms with Gasteiger partial charge in [-0.1, -0.05) is 53.7 Å². The molecule has 0 fully saturated rings. The largest absolute Gasteiger partial charge is 0.422 e. The van der Waals surface area contributed by atoms with Crippen molar-refractivity contribution >= 4 is 29.3 Å². The summed E-state index contributed by atoms with van der Waals surface area (Å²) in [6.45, 7) is 6.02. The Kier molecular flexibility index (Phi) is 6.14. The first kappa shape index (κ1) is 19.4. The zero-order valence-corrected chi connectivity index (χ0v) is 16.9. The molecular weight excluding hydrogens is 380 g/mol. The van der Waals surface area contributed by atoms with Crippen LogP contribution in [0.4, 0.5) is 0 Å². The number of halogens is 1. The quantitative estimate of drug-likeness (QED) is 0.243. The van der Waals surface area contributed by atoms with E-state index in [2.05, 4.69) is 29.0 Å². The predicted octanol–water partition coefficient (Wildman–Crippen LogP) is 5.57. The lowest BCUT2D eigenvalue weighted by Crippen LogP contribution is -2.12. The molecule has 1 heterocycles. The van der Waals surface area contributed by atoms with E-state index in [1.54, 1.807) is 6.07 Å². The number of carbonyl (C=O) groups is 1. The van der Waals surface area contributed by atoms with Gasteiger partial charge in [-0.2, -0.15) is 0 Å². The molecule has 0 aliphatic heterocycles. The van der Waals surface area contributed by atoms with Gasteiger partial charge in [0.2, 0.25) is 0 Å². The monoisotopic (exact) mass is 398 g/mol. The van der Waals surface area contributed by atoms with Gasteiger partial charge >= 0.3 is 5.97 Å². The van der Waals surface area contributed by atoms with Crippen LogP contribution in [0.1, 0.15) is 32.7 Å². The second-order valence-electron chi connectivity index (χ2n) is 6.20. The summed E-state index contributed by atoms with van der Waals surface area (Å²) in [5, 5.41) is 0.652. The van der Waals surface area contributed by atoms with E-state index in [4.69, 9.17) is 16.3 Å². The van der Waals surface area contributed by atoms with Crippen LogP contribution in [0.5, 0.6) is 5.75 Å². The fourth-order valence-electron chi connectivity index (χ4n) is 2.41. The Morgan fingerprint density at radius 3 is 2.59 bits per heavy atom. The minimum Gasteiger partial charge on any atom is -0.422 e. The Balaban J connectivity index is 1.75. The van der Waals surface area contributed by atoms with E-state index >= 15 is 0 Å². The van der Waals surface area contributed by atoms with Crippen LogP contribution in [0.2, 0.25) is 5.02 Å². The summed E-state index contributed by atoms with van der Waals surface area (Å²) in [7, 11) is 0. The van der Waals surface area contributed by atoms with Crippen LogP contribution in [0.25, 0.3) is 0 Å². The highest BCUT2D eigenvalue weighted by molar-refractivity contribution is 7.98. The third kappa shape index (κ3) is 4.87. The smallest absolute Gasteiger partial charge is 0.364 e. The molecule has 0 unspecified atom stereocenters. The molecule has 138 valence electrons. The summed E-state index contributed by atoms with van der Waals surface area (Å²) in [4.78, 5) is 21.0. The average Bonchev–Trinajstić information content (AvgIpc) is 2.65. The summed E-state index contributed by atoms with van der Waals surface area (Å²) < 4.78 is 5.43. The van der Waals surface area contributed by atoms with E-state index < -0.39 is 5.97 Å². The van der Waals surface area contributed by atoms with Crippen molar-refractivity contribution in [3.63, 3.8) is 0 Å². The average molecular weight is 399 g/mol. The van der Waals surface area contributed by atoms with E-state index in [-0.39, 0.29) is 10.7 Å². The van der Waals surface area contributed by atoms with Crippen molar-refractivity contribution in [2.75, 3.05) is 0 Å².